The molecule has 1 unspecified atom stereocenters. The number of carbonyl (C=O) groups is 1. The summed E-state index contributed by atoms with van der Waals surface area (Å²) in [6.45, 7) is 7.03. The van der Waals surface area contributed by atoms with Crippen LogP contribution in [0.5, 0.6) is 5.88 Å². The lowest BCUT2D eigenvalue weighted by Gasteiger charge is -2.36. The molecule has 1 aliphatic rings. The van der Waals surface area contributed by atoms with Crippen LogP contribution in [0, 0.1) is 6.92 Å². The molecule has 1 aliphatic heterocycles. The van der Waals surface area contributed by atoms with E-state index < -0.39 is 0 Å². The van der Waals surface area contributed by atoms with Crippen molar-refractivity contribution in [1.82, 2.24) is 30.2 Å². The first-order valence-electron chi connectivity index (χ1n) is 8.63. The lowest BCUT2D eigenvalue weighted by Crippen LogP contribution is -2.52. The minimum atomic E-state index is -0.0863. The molecule has 3 heterocycles. The fourth-order valence-electron chi connectivity index (χ4n) is 2.98. The second-order valence-electron chi connectivity index (χ2n) is 6.21. The van der Waals surface area contributed by atoms with Crippen molar-refractivity contribution in [3.63, 3.8) is 0 Å². The van der Waals surface area contributed by atoms with Crippen molar-refractivity contribution in [2.24, 2.45) is 0 Å². The number of urea groups is 1. The van der Waals surface area contributed by atoms with Crippen molar-refractivity contribution in [3.8, 4) is 5.88 Å². The normalized spacial score (nSPS) is 16.3. The number of nitrogens with zero attached hydrogens (tertiary/aromatic N) is 5. The van der Waals surface area contributed by atoms with Crippen molar-refractivity contribution in [2.75, 3.05) is 33.3 Å². The van der Waals surface area contributed by atoms with E-state index in [0.717, 1.165) is 18.7 Å². The highest BCUT2D eigenvalue weighted by molar-refractivity contribution is 5.74. The molecule has 0 saturated carbocycles. The highest BCUT2D eigenvalue weighted by atomic mass is 16.5. The van der Waals surface area contributed by atoms with E-state index in [9.17, 15) is 4.79 Å². The molecule has 3 rings (SSSR count). The van der Waals surface area contributed by atoms with E-state index in [1.54, 1.807) is 20.2 Å². The molecule has 1 atom stereocenters. The number of piperazine rings is 1. The molecule has 0 aliphatic carbocycles. The summed E-state index contributed by atoms with van der Waals surface area (Å²) < 4.78 is 10.5. The van der Waals surface area contributed by atoms with Crippen LogP contribution < -0.4 is 10.1 Å². The van der Waals surface area contributed by atoms with E-state index in [1.807, 2.05) is 24.0 Å². The van der Waals surface area contributed by atoms with Crippen molar-refractivity contribution >= 4 is 6.03 Å². The number of nitrogens with one attached hydrogen (secondary N) is 1. The summed E-state index contributed by atoms with van der Waals surface area (Å²) >= 11 is 0. The Kier molecular flexibility index (Phi) is 5.67. The molecule has 2 aromatic rings. The first-order chi connectivity index (χ1) is 12.6. The largest absolute Gasteiger partial charge is 0.481 e. The molecule has 0 radical (unpaired) electrons. The van der Waals surface area contributed by atoms with Gasteiger partial charge in [0.25, 0.3) is 0 Å². The van der Waals surface area contributed by atoms with Gasteiger partial charge in [0.15, 0.2) is 5.82 Å². The highest BCUT2D eigenvalue weighted by Crippen LogP contribution is 2.20. The SMILES string of the molecule is COc1ncccc1CNC(=O)N1CCN(C(C)c2nc(C)no2)CC1. The van der Waals surface area contributed by atoms with Gasteiger partial charge in [-0.25, -0.2) is 9.78 Å². The van der Waals surface area contributed by atoms with Crippen LogP contribution >= 0.6 is 0 Å². The molecular formula is C17H24N6O3. The molecule has 0 bridgehead atoms. The number of rotatable bonds is 5. The van der Waals surface area contributed by atoms with Crippen LogP contribution in [0.4, 0.5) is 4.79 Å². The number of ether oxygens (including phenoxy) is 1. The molecule has 1 N–H and O–H groups in total. The topological polar surface area (TPSA) is 96.6 Å². The lowest BCUT2D eigenvalue weighted by molar-refractivity contribution is 0.0999. The Labute approximate surface area is 152 Å². The Morgan fingerprint density at radius 3 is 2.81 bits per heavy atom. The van der Waals surface area contributed by atoms with Gasteiger partial charge in [-0.1, -0.05) is 11.2 Å². The number of amides is 2. The molecular weight excluding hydrogens is 336 g/mol. The van der Waals surface area contributed by atoms with Gasteiger partial charge >= 0.3 is 6.03 Å². The fraction of sp³-hybridized carbons (Fsp3) is 0.529. The number of hydrogen-bond donors (Lipinski definition) is 1. The highest BCUT2D eigenvalue weighted by Gasteiger charge is 2.27. The van der Waals surface area contributed by atoms with Crippen LogP contribution in [0.2, 0.25) is 0 Å². The average Bonchev–Trinajstić information content (AvgIpc) is 3.12. The second kappa shape index (κ2) is 8.13. The molecule has 2 aromatic heterocycles. The second-order valence-corrected chi connectivity index (χ2v) is 6.21. The Morgan fingerprint density at radius 2 is 2.15 bits per heavy atom. The molecule has 1 saturated heterocycles. The predicted octanol–water partition coefficient (Wildman–Crippen LogP) is 1.37. The van der Waals surface area contributed by atoms with Gasteiger partial charge in [-0.05, 0) is 19.9 Å². The van der Waals surface area contributed by atoms with E-state index in [2.05, 4.69) is 25.3 Å². The van der Waals surface area contributed by atoms with Gasteiger partial charge < -0.3 is 19.5 Å². The summed E-state index contributed by atoms with van der Waals surface area (Å²) in [6.07, 6.45) is 1.66. The molecule has 0 spiro atoms. The van der Waals surface area contributed by atoms with E-state index in [4.69, 9.17) is 9.26 Å². The van der Waals surface area contributed by atoms with Gasteiger partial charge in [-0.2, -0.15) is 4.98 Å². The van der Waals surface area contributed by atoms with Crippen molar-refractivity contribution in [3.05, 3.63) is 35.6 Å². The van der Waals surface area contributed by atoms with E-state index in [1.165, 1.54) is 0 Å². The zero-order valence-electron chi connectivity index (χ0n) is 15.3. The zero-order chi connectivity index (χ0) is 18.5. The van der Waals surface area contributed by atoms with E-state index >= 15 is 0 Å². The summed E-state index contributed by atoms with van der Waals surface area (Å²) in [6, 6.07) is 3.67. The van der Waals surface area contributed by atoms with Crippen LogP contribution in [0.15, 0.2) is 22.9 Å². The van der Waals surface area contributed by atoms with Crippen LogP contribution in [-0.2, 0) is 6.54 Å². The van der Waals surface area contributed by atoms with Gasteiger partial charge in [0, 0.05) is 44.5 Å². The number of carbonyl (C=O) groups excluding carboxylic acids is 1. The third-order valence-electron chi connectivity index (χ3n) is 4.52. The van der Waals surface area contributed by atoms with Crippen LogP contribution in [0.1, 0.15) is 30.2 Å². The molecule has 9 heteroatoms. The van der Waals surface area contributed by atoms with Gasteiger partial charge in [-0.15, -0.1) is 0 Å². The number of methoxy groups -OCH3 is 1. The number of hydrogen-bond acceptors (Lipinski definition) is 7. The number of aromatic nitrogens is 3. The molecule has 0 aromatic carbocycles. The monoisotopic (exact) mass is 360 g/mol. The Balaban J connectivity index is 1.49. The van der Waals surface area contributed by atoms with Gasteiger partial charge in [0.05, 0.1) is 13.2 Å². The van der Waals surface area contributed by atoms with Crippen LogP contribution in [0.3, 0.4) is 0 Å². The maximum absolute atomic E-state index is 12.4. The third-order valence-corrected chi connectivity index (χ3v) is 4.52. The Hall–Kier alpha value is -2.68. The van der Waals surface area contributed by atoms with Crippen LogP contribution in [-0.4, -0.2) is 64.2 Å². The maximum Gasteiger partial charge on any atom is 0.317 e. The van der Waals surface area contributed by atoms with Crippen molar-refractivity contribution in [1.29, 1.82) is 0 Å². The van der Waals surface area contributed by atoms with Crippen LogP contribution in [0.25, 0.3) is 0 Å². The first kappa shape index (κ1) is 18.1. The van der Waals surface area contributed by atoms with Gasteiger partial charge in [0.1, 0.15) is 0 Å². The fourth-order valence-corrected chi connectivity index (χ4v) is 2.98. The summed E-state index contributed by atoms with van der Waals surface area (Å²) in [5, 5.41) is 6.77. The quantitative estimate of drug-likeness (QED) is 0.860. The summed E-state index contributed by atoms with van der Waals surface area (Å²) in [4.78, 5) is 24.9. The Morgan fingerprint density at radius 1 is 1.38 bits per heavy atom. The summed E-state index contributed by atoms with van der Waals surface area (Å²) in [5.74, 6) is 1.78. The standard InChI is InChI=1S/C17H24N6O3/c1-12(15-20-13(2)21-26-15)22-7-9-23(10-8-22)17(24)19-11-14-5-4-6-18-16(14)25-3/h4-6,12H,7-11H2,1-3H3,(H,19,24). The lowest BCUT2D eigenvalue weighted by atomic mass is 10.2. The minimum Gasteiger partial charge on any atom is -0.481 e. The third kappa shape index (κ3) is 4.10. The van der Waals surface area contributed by atoms with Crippen molar-refractivity contribution in [2.45, 2.75) is 26.4 Å². The molecule has 2 amide bonds. The predicted molar refractivity (Wildman–Crippen MR) is 93.6 cm³/mol. The molecule has 140 valence electrons. The maximum atomic E-state index is 12.4. The minimum absolute atomic E-state index is 0.0427. The van der Waals surface area contributed by atoms with E-state index in [-0.39, 0.29) is 12.1 Å². The molecule has 1 fully saturated rings. The molecule has 9 nitrogen and oxygen atoms in total. The summed E-state index contributed by atoms with van der Waals surface area (Å²) in [7, 11) is 1.57. The smallest absolute Gasteiger partial charge is 0.317 e. The first-order valence-corrected chi connectivity index (χ1v) is 8.63. The zero-order valence-corrected chi connectivity index (χ0v) is 15.3. The van der Waals surface area contributed by atoms with E-state index in [0.29, 0.717) is 37.2 Å². The summed E-state index contributed by atoms with van der Waals surface area (Å²) in [5.41, 5.74) is 0.849. The van der Waals surface area contributed by atoms with Crippen molar-refractivity contribution < 1.29 is 14.1 Å². The van der Waals surface area contributed by atoms with Gasteiger partial charge in [-0.3, -0.25) is 4.90 Å². The molecule has 26 heavy (non-hydrogen) atoms. The Bertz CT molecular complexity index is 742. The van der Waals surface area contributed by atoms with Gasteiger partial charge in [0.2, 0.25) is 11.8 Å². The number of pyridine rings is 1. The average molecular weight is 360 g/mol. The number of aryl methyl sites for hydroxylation is 1.